The number of aromatic amines is 1. The molecule has 27 heavy (non-hydrogen) atoms. The third-order valence-corrected chi connectivity index (χ3v) is 4.50. The Morgan fingerprint density at radius 1 is 0.889 bits per heavy atom. The number of fused-ring (bicyclic) bond motifs is 1. The quantitative estimate of drug-likeness (QED) is 0.557. The molecule has 0 aliphatic rings. The van der Waals surface area contributed by atoms with Crippen molar-refractivity contribution in [1.82, 2.24) is 4.98 Å². The lowest BCUT2D eigenvalue weighted by atomic mass is 9.99. The second-order valence-corrected chi connectivity index (χ2v) is 6.44. The third kappa shape index (κ3) is 3.25. The van der Waals surface area contributed by atoms with Gasteiger partial charge in [0.15, 0.2) is 0 Å². The van der Waals surface area contributed by atoms with Crippen molar-refractivity contribution in [2.75, 3.05) is 5.32 Å². The molecule has 2 N–H and O–H groups in total. The molecule has 1 amide bonds. The molecule has 0 atom stereocenters. The molecule has 0 saturated heterocycles. The molecule has 0 bridgehead atoms. The minimum Gasteiger partial charge on any atom is -0.320 e. The van der Waals surface area contributed by atoms with Gasteiger partial charge >= 0.3 is 0 Å². The van der Waals surface area contributed by atoms with Crippen molar-refractivity contribution < 1.29 is 4.79 Å². The zero-order valence-electron chi connectivity index (χ0n) is 14.8. The fourth-order valence-electron chi connectivity index (χ4n) is 3.24. The summed E-state index contributed by atoms with van der Waals surface area (Å²) in [6, 6.07) is 24.5. The normalized spacial score (nSPS) is 10.7. The molecule has 1 aromatic heterocycles. The highest BCUT2D eigenvalue weighted by atomic mass is 16.2. The molecular weight excluding hydrogens is 336 g/mol. The van der Waals surface area contributed by atoms with E-state index in [0.717, 1.165) is 27.6 Å². The highest BCUT2D eigenvalue weighted by Gasteiger charge is 2.17. The molecule has 0 radical (unpaired) electrons. The smallest absolute Gasteiger partial charge is 0.272 e. The molecule has 0 aliphatic carbocycles. The molecule has 4 aromatic rings. The number of aromatic nitrogens is 1. The molecule has 0 fully saturated rings. The van der Waals surface area contributed by atoms with Crippen molar-refractivity contribution >= 4 is 22.5 Å². The first-order valence-electron chi connectivity index (χ1n) is 8.72. The van der Waals surface area contributed by atoms with Crippen LogP contribution in [0.1, 0.15) is 15.9 Å². The molecule has 3 aromatic carbocycles. The number of anilines is 1. The largest absolute Gasteiger partial charge is 0.320 e. The number of carbonyl (C=O) groups excluding carboxylic acids is 1. The van der Waals surface area contributed by atoms with E-state index < -0.39 is 0 Å². The predicted octanol–water partition coefficient (Wildman–Crippen LogP) is 4.76. The molecule has 4 rings (SSSR count). The number of amides is 1. The maximum absolute atomic E-state index is 12.8. The van der Waals surface area contributed by atoms with Gasteiger partial charge in [-0.15, -0.1) is 0 Å². The van der Waals surface area contributed by atoms with Crippen LogP contribution in [0.25, 0.3) is 22.0 Å². The van der Waals surface area contributed by atoms with E-state index in [-0.39, 0.29) is 17.2 Å². The zero-order valence-corrected chi connectivity index (χ0v) is 14.8. The molecular formula is C23H18N2O2. The van der Waals surface area contributed by atoms with Crippen molar-refractivity contribution in [1.29, 1.82) is 0 Å². The summed E-state index contributed by atoms with van der Waals surface area (Å²) in [6.07, 6.45) is 0. The average molecular weight is 354 g/mol. The molecule has 0 saturated carbocycles. The van der Waals surface area contributed by atoms with Gasteiger partial charge < -0.3 is 10.3 Å². The van der Waals surface area contributed by atoms with E-state index in [1.807, 2.05) is 73.7 Å². The maximum atomic E-state index is 12.8. The molecule has 0 unspecified atom stereocenters. The summed E-state index contributed by atoms with van der Waals surface area (Å²) in [4.78, 5) is 28.4. The van der Waals surface area contributed by atoms with Crippen molar-refractivity contribution in [3.05, 3.63) is 100 Å². The summed E-state index contributed by atoms with van der Waals surface area (Å²) in [5.41, 5.74) is 3.75. The van der Waals surface area contributed by atoms with Crippen LogP contribution in [0.2, 0.25) is 0 Å². The Hall–Kier alpha value is -3.66. The number of aryl methyl sites for hydroxylation is 1. The van der Waals surface area contributed by atoms with Gasteiger partial charge in [0.25, 0.3) is 11.5 Å². The summed E-state index contributed by atoms with van der Waals surface area (Å²) in [5.74, 6) is -0.309. The first-order chi connectivity index (χ1) is 13.1. The van der Waals surface area contributed by atoms with Crippen LogP contribution in [0, 0.1) is 6.92 Å². The van der Waals surface area contributed by atoms with Crippen molar-refractivity contribution in [3.63, 3.8) is 0 Å². The van der Waals surface area contributed by atoms with Gasteiger partial charge in [-0.05, 0) is 30.7 Å². The topological polar surface area (TPSA) is 62.0 Å². The van der Waals surface area contributed by atoms with Crippen LogP contribution in [-0.2, 0) is 0 Å². The van der Waals surface area contributed by atoms with Crippen LogP contribution in [0.15, 0.2) is 83.7 Å². The average Bonchev–Trinajstić information content (AvgIpc) is 2.69. The van der Waals surface area contributed by atoms with Crippen LogP contribution in [0.4, 0.5) is 5.69 Å². The molecule has 0 spiro atoms. The zero-order chi connectivity index (χ0) is 18.8. The number of para-hydroxylation sites is 1. The number of hydrogen-bond acceptors (Lipinski definition) is 2. The van der Waals surface area contributed by atoms with Crippen molar-refractivity contribution in [2.24, 2.45) is 0 Å². The first kappa shape index (κ1) is 16.8. The van der Waals surface area contributed by atoms with E-state index in [1.165, 1.54) is 0 Å². The summed E-state index contributed by atoms with van der Waals surface area (Å²) < 4.78 is 0. The van der Waals surface area contributed by atoms with Crippen LogP contribution >= 0.6 is 0 Å². The highest BCUT2D eigenvalue weighted by molar-refractivity contribution is 6.10. The minimum absolute atomic E-state index is 0.256. The van der Waals surface area contributed by atoms with Crippen LogP contribution in [0.3, 0.4) is 0 Å². The van der Waals surface area contributed by atoms with Crippen molar-refractivity contribution in [2.45, 2.75) is 6.92 Å². The number of carbonyl (C=O) groups is 1. The Bertz CT molecular complexity index is 1190. The number of benzene rings is 3. The van der Waals surface area contributed by atoms with E-state index in [1.54, 1.807) is 12.1 Å². The Kier molecular flexibility index (Phi) is 4.30. The van der Waals surface area contributed by atoms with Crippen LogP contribution < -0.4 is 10.9 Å². The number of rotatable bonds is 3. The van der Waals surface area contributed by atoms with Gasteiger partial charge in [0.1, 0.15) is 5.69 Å². The van der Waals surface area contributed by atoms with Gasteiger partial charge in [0.05, 0.1) is 0 Å². The number of pyridine rings is 1. The summed E-state index contributed by atoms with van der Waals surface area (Å²) in [7, 11) is 0. The van der Waals surface area contributed by atoms with E-state index in [9.17, 15) is 9.59 Å². The fraction of sp³-hybridized carbons (Fsp3) is 0.0435. The van der Waals surface area contributed by atoms with E-state index >= 15 is 0 Å². The van der Waals surface area contributed by atoms with Gasteiger partial charge in [-0.3, -0.25) is 9.59 Å². The Morgan fingerprint density at radius 3 is 2.41 bits per heavy atom. The van der Waals surface area contributed by atoms with Gasteiger partial charge in [0, 0.05) is 22.0 Å². The molecule has 0 aliphatic heterocycles. The van der Waals surface area contributed by atoms with E-state index in [2.05, 4.69) is 10.3 Å². The Morgan fingerprint density at radius 2 is 1.63 bits per heavy atom. The molecule has 132 valence electrons. The third-order valence-electron chi connectivity index (χ3n) is 4.50. The lowest BCUT2D eigenvalue weighted by molar-refractivity contribution is 0.102. The second-order valence-electron chi connectivity index (χ2n) is 6.44. The molecule has 4 heteroatoms. The number of nitrogens with one attached hydrogen (secondary N) is 2. The van der Waals surface area contributed by atoms with Gasteiger partial charge in [-0.1, -0.05) is 66.2 Å². The summed E-state index contributed by atoms with van der Waals surface area (Å²) in [6.45, 7) is 1.93. The highest BCUT2D eigenvalue weighted by Crippen LogP contribution is 2.32. The maximum Gasteiger partial charge on any atom is 0.272 e. The summed E-state index contributed by atoms with van der Waals surface area (Å²) >= 11 is 0. The van der Waals surface area contributed by atoms with Crippen LogP contribution in [0.5, 0.6) is 0 Å². The number of hydrogen-bond donors (Lipinski definition) is 2. The minimum atomic E-state index is -0.325. The lowest BCUT2D eigenvalue weighted by Gasteiger charge is -2.14. The van der Waals surface area contributed by atoms with Crippen molar-refractivity contribution in [3.8, 4) is 11.1 Å². The lowest BCUT2D eigenvalue weighted by Crippen LogP contribution is -2.21. The monoisotopic (exact) mass is 354 g/mol. The van der Waals surface area contributed by atoms with Gasteiger partial charge in [-0.2, -0.15) is 0 Å². The van der Waals surface area contributed by atoms with E-state index in [0.29, 0.717) is 5.56 Å². The molecule has 1 heterocycles. The Labute approximate surface area is 156 Å². The predicted molar refractivity (Wildman–Crippen MR) is 109 cm³/mol. The SMILES string of the molecule is Cc1cccc(C(=O)Nc2c(-c3ccccc3)c3ccccc3[nH]c2=O)c1. The van der Waals surface area contributed by atoms with Crippen LogP contribution in [-0.4, -0.2) is 10.9 Å². The van der Waals surface area contributed by atoms with Gasteiger partial charge in [-0.25, -0.2) is 0 Å². The fourth-order valence-corrected chi connectivity index (χ4v) is 3.24. The summed E-state index contributed by atoms with van der Waals surface area (Å²) in [5, 5.41) is 3.71. The molecule has 4 nitrogen and oxygen atoms in total. The number of H-pyrrole nitrogens is 1. The first-order valence-corrected chi connectivity index (χ1v) is 8.72. The van der Waals surface area contributed by atoms with Gasteiger partial charge in [0.2, 0.25) is 0 Å². The second kappa shape index (κ2) is 6.92. The Balaban J connectivity index is 1.91. The van der Waals surface area contributed by atoms with E-state index in [4.69, 9.17) is 0 Å². The standard InChI is InChI=1S/C23H18N2O2/c1-15-8-7-11-17(14-15)22(26)25-21-20(16-9-3-2-4-10-16)18-12-5-6-13-19(18)24-23(21)27/h2-14H,1H3,(H,24,27)(H,25,26).